The molecular weight excluding hydrogens is 322 g/mol. The van der Waals surface area contributed by atoms with Gasteiger partial charge in [-0.1, -0.05) is 12.1 Å². The summed E-state index contributed by atoms with van der Waals surface area (Å²) in [7, 11) is 0. The lowest BCUT2D eigenvalue weighted by molar-refractivity contribution is -0.154. The van der Waals surface area contributed by atoms with Crippen molar-refractivity contribution in [3.05, 3.63) is 29.8 Å². The number of carbonyl (C=O) groups is 2. The molecule has 140 valence electrons. The van der Waals surface area contributed by atoms with Crippen molar-refractivity contribution in [2.24, 2.45) is 0 Å². The van der Waals surface area contributed by atoms with Gasteiger partial charge in [0.05, 0.1) is 12.5 Å². The van der Waals surface area contributed by atoms with Gasteiger partial charge in [0.1, 0.15) is 5.75 Å². The second kappa shape index (κ2) is 11.5. The quantitative estimate of drug-likeness (QED) is 0.490. The van der Waals surface area contributed by atoms with Gasteiger partial charge in [-0.3, -0.25) is 9.59 Å². The number of carbonyl (C=O) groups excluding carboxylic acids is 2. The van der Waals surface area contributed by atoms with E-state index in [1.807, 2.05) is 39.0 Å². The number of rotatable bonds is 11. The smallest absolute Gasteiger partial charge is 0.311 e. The van der Waals surface area contributed by atoms with E-state index in [-0.39, 0.29) is 18.4 Å². The summed E-state index contributed by atoms with van der Waals surface area (Å²) in [6.45, 7) is 9.12. The summed E-state index contributed by atoms with van der Waals surface area (Å²) in [5, 5.41) is 2.73. The van der Waals surface area contributed by atoms with Crippen molar-refractivity contribution in [3.8, 4) is 5.75 Å². The van der Waals surface area contributed by atoms with Crippen molar-refractivity contribution in [3.63, 3.8) is 0 Å². The molecule has 0 aliphatic carbocycles. The summed E-state index contributed by atoms with van der Waals surface area (Å²) >= 11 is 0. The first-order valence-corrected chi connectivity index (χ1v) is 8.73. The largest absolute Gasteiger partial charge is 0.491 e. The normalized spacial score (nSPS) is 11.9. The molecule has 6 nitrogen and oxygen atoms in total. The minimum absolute atomic E-state index is 0.0636. The zero-order valence-corrected chi connectivity index (χ0v) is 15.5. The molecule has 1 rings (SSSR count). The minimum Gasteiger partial charge on any atom is -0.491 e. The number of amides is 1. The molecule has 0 saturated heterocycles. The van der Waals surface area contributed by atoms with Crippen LogP contribution in [0, 0.1) is 0 Å². The molecule has 1 amide bonds. The second-order valence-corrected chi connectivity index (χ2v) is 5.96. The fourth-order valence-corrected chi connectivity index (χ4v) is 2.13. The van der Waals surface area contributed by atoms with Crippen LogP contribution in [-0.2, 0) is 25.5 Å². The molecule has 0 aromatic heterocycles. The van der Waals surface area contributed by atoms with E-state index >= 15 is 0 Å². The molecule has 1 aromatic carbocycles. The monoisotopic (exact) mass is 351 g/mol. The van der Waals surface area contributed by atoms with Crippen molar-refractivity contribution in [2.75, 3.05) is 19.8 Å². The van der Waals surface area contributed by atoms with E-state index in [1.165, 1.54) is 0 Å². The Morgan fingerprint density at radius 1 is 1.20 bits per heavy atom. The van der Waals surface area contributed by atoms with Crippen LogP contribution in [0.5, 0.6) is 5.75 Å². The third-order valence-electron chi connectivity index (χ3n) is 3.26. The number of hydrogen-bond donors (Lipinski definition) is 1. The van der Waals surface area contributed by atoms with Gasteiger partial charge in [0, 0.05) is 19.8 Å². The zero-order valence-electron chi connectivity index (χ0n) is 15.5. The molecule has 0 radical (unpaired) electrons. The van der Waals surface area contributed by atoms with Gasteiger partial charge >= 0.3 is 5.97 Å². The van der Waals surface area contributed by atoms with Crippen molar-refractivity contribution in [1.82, 2.24) is 5.32 Å². The van der Waals surface area contributed by atoms with Crippen LogP contribution in [0.4, 0.5) is 0 Å². The Bertz CT molecular complexity index is 544. The standard InChI is InChI=1S/C19H29NO5/c1-5-23-11-7-10-20-19(22)15(4)25-18(21)13-16-8-6-9-17(12-16)24-14(2)3/h6,8-9,12,14-15H,5,7,10-11,13H2,1-4H3,(H,20,22). The van der Waals surface area contributed by atoms with Crippen LogP contribution in [0.2, 0.25) is 0 Å². The summed E-state index contributed by atoms with van der Waals surface area (Å²) in [5.41, 5.74) is 0.785. The molecule has 25 heavy (non-hydrogen) atoms. The molecule has 1 unspecified atom stereocenters. The zero-order chi connectivity index (χ0) is 18.7. The average Bonchev–Trinajstić information content (AvgIpc) is 2.54. The van der Waals surface area contributed by atoms with Gasteiger partial charge < -0.3 is 19.5 Å². The molecule has 0 spiro atoms. The lowest BCUT2D eigenvalue weighted by Crippen LogP contribution is -2.36. The van der Waals surface area contributed by atoms with Crippen molar-refractivity contribution < 1.29 is 23.8 Å². The summed E-state index contributed by atoms with van der Waals surface area (Å²) < 4.78 is 16.0. The second-order valence-electron chi connectivity index (χ2n) is 5.96. The number of ether oxygens (including phenoxy) is 3. The predicted octanol–water partition coefficient (Wildman–Crippen LogP) is 2.49. The fraction of sp³-hybridized carbons (Fsp3) is 0.579. The van der Waals surface area contributed by atoms with Crippen LogP contribution < -0.4 is 10.1 Å². The van der Waals surface area contributed by atoms with Crippen LogP contribution >= 0.6 is 0 Å². The van der Waals surface area contributed by atoms with Crippen LogP contribution in [0.1, 0.15) is 39.7 Å². The molecule has 1 N–H and O–H groups in total. The van der Waals surface area contributed by atoms with E-state index < -0.39 is 12.1 Å². The highest BCUT2D eigenvalue weighted by Gasteiger charge is 2.17. The van der Waals surface area contributed by atoms with Crippen molar-refractivity contribution >= 4 is 11.9 Å². The molecule has 1 aromatic rings. The van der Waals surface area contributed by atoms with Gasteiger partial charge in [-0.25, -0.2) is 0 Å². The van der Waals surface area contributed by atoms with Crippen molar-refractivity contribution in [2.45, 2.75) is 52.7 Å². The molecular formula is C19H29NO5. The van der Waals surface area contributed by atoms with Crippen LogP contribution in [0.15, 0.2) is 24.3 Å². The lowest BCUT2D eigenvalue weighted by Gasteiger charge is -2.14. The fourth-order valence-electron chi connectivity index (χ4n) is 2.13. The Morgan fingerprint density at radius 3 is 2.64 bits per heavy atom. The van der Waals surface area contributed by atoms with Gasteiger partial charge in [-0.2, -0.15) is 0 Å². The van der Waals surface area contributed by atoms with E-state index in [9.17, 15) is 9.59 Å². The molecule has 0 aliphatic rings. The highest BCUT2D eigenvalue weighted by atomic mass is 16.5. The first-order valence-electron chi connectivity index (χ1n) is 8.73. The van der Waals surface area contributed by atoms with Crippen LogP contribution in [0.3, 0.4) is 0 Å². The Balaban J connectivity index is 2.38. The SMILES string of the molecule is CCOCCCNC(=O)C(C)OC(=O)Cc1cccc(OC(C)C)c1. The highest BCUT2D eigenvalue weighted by molar-refractivity contribution is 5.83. The Morgan fingerprint density at radius 2 is 1.96 bits per heavy atom. The molecule has 0 heterocycles. The Hall–Kier alpha value is -2.08. The third kappa shape index (κ3) is 9.10. The molecule has 1 atom stereocenters. The van der Waals surface area contributed by atoms with Crippen LogP contribution in [0.25, 0.3) is 0 Å². The Labute approximate surface area is 149 Å². The Kier molecular flexibility index (Phi) is 9.62. The molecule has 0 bridgehead atoms. The van der Waals surface area contributed by atoms with Crippen molar-refractivity contribution in [1.29, 1.82) is 0 Å². The van der Waals surface area contributed by atoms with Gasteiger partial charge in [0.25, 0.3) is 5.91 Å². The maximum absolute atomic E-state index is 12.0. The maximum Gasteiger partial charge on any atom is 0.311 e. The van der Waals surface area contributed by atoms with E-state index in [0.717, 1.165) is 12.0 Å². The molecule has 0 saturated carbocycles. The predicted molar refractivity (Wildman–Crippen MR) is 95.6 cm³/mol. The van der Waals surface area contributed by atoms with E-state index in [2.05, 4.69) is 5.32 Å². The van der Waals surface area contributed by atoms with E-state index in [1.54, 1.807) is 13.0 Å². The number of benzene rings is 1. The third-order valence-corrected chi connectivity index (χ3v) is 3.26. The maximum atomic E-state index is 12.0. The molecule has 0 fully saturated rings. The summed E-state index contributed by atoms with van der Waals surface area (Å²) in [5.74, 6) is -0.0409. The highest BCUT2D eigenvalue weighted by Crippen LogP contribution is 2.15. The molecule has 6 heteroatoms. The van der Waals surface area contributed by atoms with Gasteiger partial charge in [-0.05, 0) is 51.8 Å². The number of nitrogens with one attached hydrogen (secondary N) is 1. The van der Waals surface area contributed by atoms with E-state index in [0.29, 0.717) is 25.5 Å². The van der Waals surface area contributed by atoms with Gasteiger partial charge in [-0.15, -0.1) is 0 Å². The summed E-state index contributed by atoms with van der Waals surface area (Å²) in [6, 6.07) is 7.30. The van der Waals surface area contributed by atoms with E-state index in [4.69, 9.17) is 14.2 Å². The first kappa shape index (κ1) is 21.0. The number of esters is 1. The average molecular weight is 351 g/mol. The summed E-state index contributed by atoms with van der Waals surface area (Å²) in [6.07, 6.45) is 0.0588. The van der Waals surface area contributed by atoms with Gasteiger partial charge in [0.15, 0.2) is 6.10 Å². The number of hydrogen-bond acceptors (Lipinski definition) is 5. The minimum atomic E-state index is -0.824. The first-order chi connectivity index (χ1) is 11.9. The lowest BCUT2D eigenvalue weighted by atomic mass is 10.1. The van der Waals surface area contributed by atoms with Crippen LogP contribution in [-0.4, -0.2) is 43.8 Å². The topological polar surface area (TPSA) is 73.9 Å². The van der Waals surface area contributed by atoms with Gasteiger partial charge in [0.2, 0.25) is 0 Å². The summed E-state index contributed by atoms with van der Waals surface area (Å²) in [4.78, 5) is 23.9. The molecule has 0 aliphatic heterocycles.